The van der Waals surface area contributed by atoms with Gasteiger partial charge in [0, 0.05) is 7.11 Å². The third-order valence-electron chi connectivity index (χ3n) is 2.65. The van der Waals surface area contributed by atoms with Gasteiger partial charge in [-0.05, 0) is 26.3 Å². The monoisotopic (exact) mass is 266 g/mol. The van der Waals surface area contributed by atoms with E-state index in [4.69, 9.17) is 9.47 Å². The fraction of sp³-hybridized carbons (Fsp3) is 0.533. The number of benzene rings is 1. The van der Waals surface area contributed by atoms with E-state index in [2.05, 4.69) is 0 Å². The molecule has 4 heteroatoms. The van der Waals surface area contributed by atoms with Crippen molar-refractivity contribution in [2.24, 2.45) is 0 Å². The van der Waals surface area contributed by atoms with E-state index in [1.165, 1.54) is 7.11 Å². The number of carbonyl (C=O) groups is 1. The van der Waals surface area contributed by atoms with Gasteiger partial charge in [-0.15, -0.1) is 0 Å². The molecule has 0 aromatic heterocycles. The molecule has 0 amide bonds. The van der Waals surface area contributed by atoms with Crippen LogP contribution in [-0.2, 0) is 14.3 Å². The molecule has 0 aliphatic rings. The Morgan fingerprint density at radius 1 is 1.21 bits per heavy atom. The van der Waals surface area contributed by atoms with Crippen LogP contribution in [0.2, 0.25) is 0 Å². The van der Waals surface area contributed by atoms with Crippen molar-refractivity contribution < 1.29 is 19.4 Å². The third kappa shape index (κ3) is 4.74. The van der Waals surface area contributed by atoms with Gasteiger partial charge in [-0.3, -0.25) is 0 Å². The minimum Gasteiger partial charge on any atom is -0.387 e. The largest absolute Gasteiger partial charge is 0.387 e. The van der Waals surface area contributed by atoms with E-state index in [1.807, 2.05) is 51.1 Å². The molecular weight excluding hydrogens is 244 g/mol. The summed E-state index contributed by atoms with van der Waals surface area (Å²) in [5.41, 5.74) is 0.295. The average Bonchev–Trinajstić information content (AvgIpc) is 2.37. The maximum atomic E-state index is 11.1. The number of methoxy groups -OCH3 is 1. The fourth-order valence-electron chi connectivity index (χ4n) is 1.87. The lowest BCUT2D eigenvalue weighted by Gasteiger charge is -2.31. The molecule has 0 aliphatic carbocycles. The lowest BCUT2D eigenvalue weighted by molar-refractivity contribution is -0.157. The second-order valence-corrected chi connectivity index (χ2v) is 5.39. The highest BCUT2D eigenvalue weighted by Crippen LogP contribution is 2.25. The average molecular weight is 266 g/mol. The molecular formula is C15H22O4. The first-order chi connectivity index (χ1) is 8.89. The molecule has 0 fully saturated rings. The van der Waals surface area contributed by atoms with Crippen LogP contribution < -0.4 is 0 Å². The minimum atomic E-state index is -1.05. The summed E-state index contributed by atoms with van der Waals surface area (Å²) < 4.78 is 10.9. The highest BCUT2D eigenvalue weighted by Gasteiger charge is 2.32. The molecule has 0 saturated carbocycles. The molecule has 1 aromatic carbocycles. The predicted molar refractivity (Wildman–Crippen MR) is 72.9 cm³/mol. The summed E-state index contributed by atoms with van der Waals surface area (Å²) in [6.07, 6.45) is -1.96. The Hall–Kier alpha value is -1.23. The topological polar surface area (TPSA) is 55.8 Å². The van der Waals surface area contributed by atoms with Crippen molar-refractivity contribution >= 4 is 6.29 Å². The van der Waals surface area contributed by atoms with Crippen molar-refractivity contribution in [2.75, 3.05) is 7.11 Å². The number of rotatable bonds is 6. The van der Waals surface area contributed by atoms with Gasteiger partial charge >= 0.3 is 0 Å². The van der Waals surface area contributed by atoms with Crippen LogP contribution in [0.15, 0.2) is 30.3 Å². The third-order valence-corrected chi connectivity index (χ3v) is 2.65. The zero-order valence-electron chi connectivity index (χ0n) is 11.9. The lowest BCUT2D eigenvalue weighted by Crippen LogP contribution is -2.41. The van der Waals surface area contributed by atoms with Gasteiger partial charge < -0.3 is 19.4 Å². The van der Waals surface area contributed by atoms with E-state index >= 15 is 0 Å². The molecule has 3 atom stereocenters. The van der Waals surface area contributed by atoms with Crippen molar-refractivity contribution in [3.8, 4) is 0 Å². The van der Waals surface area contributed by atoms with Gasteiger partial charge in [0.1, 0.15) is 18.3 Å². The van der Waals surface area contributed by atoms with Gasteiger partial charge in [-0.25, -0.2) is 0 Å². The summed E-state index contributed by atoms with van der Waals surface area (Å²) in [6, 6.07) is 9.28. The van der Waals surface area contributed by atoms with Crippen molar-refractivity contribution in [3.05, 3.63) is 35.9 Å². The van der Waals surface area contributed by atoms with Crippen LogP contribution in [0.1, 0.15) is 32.4 Å². The van der Waals surface area contributed by atoms with E-state index in [9.17, 15) is 9.90 Å². The normalized spacial score (nSPS) is 16.7. The van der Waals surface area contributed by atoms with Gasteiger partial charge in [0.2, 0.25) is 0 Å². The quantitative estimate of drug-likeness (QED) is 0.801. The van der Waals surface area contributed by atoms with E-state index in [0.717, 1.165) is 5.56 Å². The summed E-state index contributed by atoms with van der Waals surface area (Å²) in [4.78, 5) is 11.1. The Morgan fingerprint density at radius 2 is 1.79 bits per heavy atom. The number of aldehydes is 1. The molecule has 1 N–H and O–H groups in total. The van der Waals surface area contributed by atoms with Crippen molar-refractivity contribution in [1.82, 2.24) is 0 Å². The van der Waals surface area contributed by atoms with Crippen LogP contribution in [0.5, 0.6) is 0 Å². The Kier molecular flexibility index (Phi) is 5.66. The Bertz CT molecular complexity index is 383. The van der Waals surface area contributed by atoms with E-state index < -0.39 is 23.9 Å². The maximum Gasteiger partial charge on any atom is 0.151 e. The molecule has 0 unspecified atom stereocenters. The molecule has 0 saturated heterocycles. The first-order valence-corrected chi connectivity index (χ1v) is 6.28. The van der Waals surface area contributed by atoms with Gasteiger partial charge in [0.05, 0.1) is 5.60 Å². The van der Waals surface area contributed by atoms with E-state index in [-0.39, 0.29) is 0 Å². The first kappa shape index (κ1) is 15.8. The number of carbonyl (C=O) groups excluding carboxylic acids is 1. The summed E-state index contributed by atoms with van der Waals surface area (Å²) in [5, 5.41) is 10.3. The van der Waals surface area contributed by atoms with Gasteiger partial charge in [-0.1, -0.05) is 30.3 Å². The lowest BCUT2D eigenvalue weighted by atomic mass is 10.00. The van der Waals surface area contributed by atoms with Crippen LogP contribution in [-0.4, -0.2) is 36.3 Å². The number of aliphatic hydroxyl groups is 1. The van der Waals surface area contributed by atoms with Crippen LogP contribution >= 0.6 is 0 Å². The molecule has 106 valence electrons. The number of aliphatic hydroxyl groups excluding tert-OH is 1. The van der Waals surface area contributed by atoms with E-state index in [0.29, 0.717) is 6.29 Å². The number of hydrogen-bond donors (Lipinski definition) is 1. The highest BCUT2D eigenvalue weighted by atomic mass is 16.5. The van der Waals surface area contributed by atoms with Gasteiger partial charge in [0.15, 0.2) is 6.29 Å². The number of hydrogen-bond acceptors (Lipinski definition) is 4. The first-order valence-electron chi connectivity index (χ1n) is 6.28. The Labute approximate surface area is 114 Å². The van der Waals surface area contributed by atoms with Crippen LogP contribution in [0.4, 0.5) is 0 Å². The van der Waals surface area contributed by atoms with E-state index in [1.54, 1.807) is 0 Å². The molecule has 1 rings (SSSR count). The molecule has 1 aromatic rings. The number of ether oxygens (including phenoxy) is 2. The minimum absolute atomic E-state index is 0.512. The van der Waals surface area contributed by atoms with Gasteiger partial charge in [0.25, 0.3) is 0 Å². The van der Waals surface area contributed by atoms with Crippen LogP contribution in [0.25, 0.3) is 0 Å². The van der Waals surface area contributed by atoms with Crippen molar-refractivity contribution in [1.29, 1.82) is 0 Å². The van der Waals surface area contributed by atoms with Crippen LogP contribution in [0.3, 0.4) is 0 Å². The molecule has 0 radical (unpaired) electrons. The molecule has 0 bridgehead atoms. The summed E-state index contributed by atoms with van der Waals surface area (Å²) in [5.74, 6) is 0. The summed E-state index contributed by atoms with van der Waals surface area (Å²) in [7, 11) is 1.50. The van der Waals surface area contributed by atoms with Gasteiger partial charge in [-0.2, -0.15) is 0 Å². The molecule has 0 spiro atoms. The predicted octanol–water partition coefficient (Wildman–Crippen LogP) is 2.12. The Morgan fingerprint density at radius 3 is 2.21 bits per heavy atom. The smallest absolute Gasteiger partial charge is 0.151 e. The Balaban J connectivity index is 2.88. The molecule has 4 nitrogen and oxygen atoms in total. The second-order valence-electron chi connectivity index (χ2n) is 5.39. The molecule has 19 heavy (non-hydrogen) atoms. The van der Waals surface area contributed by atoms with Crippen molar-refractivity contribution in [3.63, 3.8) is 0 Å². The molecule has 0 heterocycles. The standard InChI is InChI=1S/C15H22O4/c1-15(2,3)19-12(10-16)13(17)14(18-4)11-8-6-5-7-9-11/h5-10,12-14,17H,1-4H3/t12-,13+,14-/m1/s1. The highest BCUT2D eigenvalue weighted by molar-refractivity contribution is 5.57. The summed E-state index contributed by atoms with van der Waals surface area (Å²) in [6.45, 7) is 5.50. The van der Waals surface area contributed by atoms with Crippen LogP contribution in [0, 0.1) is 0 Å². The fourth-order valence-corrected chi connectivity index (χ4v) is 1.87. The maximum absolute atomic E-state index is 11.1. The van der Waals surface area contributed by atoms with Crippen molar-refractivity contribution in [2.45, 2.75) is 44.7 Å². The zero-order valence-corrected chi connectivity index (χ0v) is 11.9. The SMILES string of the molecule is CO[C@H](c1ccccc1)[C@@H](O)[C@@H](C=O)OC(C)(C)C. The summed E-state index contributed by atoms with van der Waals surface area (Å²) >= 11 is 0. The zero-order chi connectivity index (χ0) is 14.5. The second kappa shape index (κ2) is 6.80. The molecule has 0 aliphatic heterocycles.